The van der Waals surface area contributed by atoms with Crippen LogP contribution >= 0.6 is 0 Å². The monoisotopic (exact) mass is 266 g/mol. The molecule has 0 radical (unpaired) electrons. The van der Waals surface area contributed by atoms with Gasteiger partial charge in [0.1, 0.15) is 0 Å². The van der Waals surface area contributed by atoms with Crippen molar-refractivity contribution in [2.45, 2.75) is 19.8 Å². The Balaban J connectivity index is 2.72. The van der Waals surface area contributed by atoms with E-state index >= 15 is 0 Å². The standard InChI is InChI=1S/C14H22N2OS/c1-4-5-6-9-12-15-13-10-7-8-11-14(13)16-18(2,3)17/h5-8,10-11,15H,4,9,12H2,1-3H3. The zero-order chi connectivity index (χ0) is 13.4. The number of anilines is 1. The van der Waals surface area contributed by atoms with E-state index in [0.29, 0.717) is 0 Å². The molecule has 100 valence electrons. The molecule has 3 nitrogen and oxygen atoms in total. The SMILES string of the molecule is CCC=CCCNc1ccccc1N=S(C)(C)=O. The second-order valence-corrected chi connectivity index (χ2v) is 6.93. The lowest BCUT2D eigenvalue weighted by atomic mass is 10.2. The third-order valence-electron chi connectivity index (χ3n) is 2.25. The predicted octanol–water partition coefficient (Wildman–Crippen LogP) is 3.81. The fourth-order valence-electron chi connectivity index (χ4n) is 1.51. The summed E-state index contributed by atoms with van der Waals surface area (Å²) in [6, 6.07) is 7.72. The van der Waals surface area contributed by atoms with Gasteiger partial charge in [0.25, 0.3) is 0 Å². The van der Waals surface area contributed by atoms with E-state index < -0.39 is 9.73 Å². The Bertz CT molecular complexity index is 506. The van der Waals surface area contributed by atoms with Gasteiger partial charge in [-0.25, -0.2) is 4.21 Å². The van der Waals surface area contributed by atoms with Crippen molar-refractivity contribution in [2.24, 2.45) is 4.36 Å². The number of nitrogens with zero attached hydrogens (tertiary/aromatic N) is 1. The zero-order valence-corrected chi connectivity index (χ0v) is 12.2. The number of rotatable bonds is 6. The van der Waals surface area contributed by atoms with Gasteiger partial charge >= 0.3 is 0 Å². The van der Waals surface area contributed by atoms with Crippen molar-refractivity contribution in [3.63, 3.8) is 0 Å². The number of nitrogens with one attached hydrogen (secondary N) is 1. The normalized spacial score (nSPS) is 11.7. The van der Waals surface area contributed by atoms with Crippen LogP contribution in [-0.4, -0.2) is 23.3 Å². The summed E-state index contributed by atoms with van der Waals surface area (Å²) in [5.74, 6) is 0. The maximum atomic E-state index is 11.7. The summed E-state index contributed by atoms with van der Waals surface area (Å²) in [6.07, 6.45) is 9.66. The molecule has 18 heavy (non-hydrogen) atoms. The molecule has 0 aliphatic heterocycles. The van der Waals surface area contributed by atoms with Crippen LogP contribution in [0.5, 0.6) is 0 Å². The lowest BCUT2D eigenvalue weighted by molar-refractivity contribution is 0.684. The van der Waals surface area contributed by atoms with Crippen molar-refractivity contribution in [3.05, 3.63) is 36.4 Å². The highest BCUT2D eigenvalue weighted by Gasteiger charge is 2.00. The summed E-state index contributed by atoms with van der Waals surface area (Å²) in [5.41, 5.74) is 1.71. The Hall–Kier alpha value is -1.29. The van der Waals surface area contributed by atoms with Crippen molar-refractivity contribution in [1.82, 2.24) is 0 Å². The first-order chi connectivity index (χ1) is 8.53. The Kier molecular flexibility index (Phi) is 5.92. The van der Waals surface area contributed by atoms with Crippen molar-refractivity contribution in [2.75, 3.05) is 24.4 Å². The van der Waals surface area contributed by atoms with E-state index in [1.54, 1.807) is 12.5 Å². The third-order valence-corrected chi connectivity index (χ3v) is 2.89. The zero-order valence-electron chi connectivity index (χ0n) is 11.3. The van der Waals surface area contributed by atoms with Crippen LogP contribution in [0, 0.1) is 0 Å². The average molecular weight is 266 g/mol. The van der Waals surface area contributed by atoms with Gasteiger partial charge in [0.05, 0.1) is 11.4 Å². The van der Waals surface area contributed by atoms with Gasteiger partial charge in [-0.2, -0.15) is 4.36 Å². The first-order valence-electron chi connectivity index (χ1n) is 6.18. The maximum Gasteiger partial charge on any atom is 0.0961 e. The molecule has 0 aromatic heterocycles. The van der Waals surface area contributed by atoms with Gasteiger partial charge in [-0.1, -0.05) is 31.2 Å². The van der Waals surface area contributed by atoms with Crippen molar-refractivity contribution >= 4 is 21.1 Å². The molecule has 0 amide bonds. The molecule has 0 saturated carbocycles. The molecule has 0 heterocycles. The van der Waals surface area contributed by atoms with Crippen LogP contribution < -0.4 is 5.32 Å². The topological polar surface area (TPSA) is 41.5 Å². The Labute approximate surface area is 110 Å². The van der Waals surface area contributed by atoms with Crippen LogP contribution in [0.4, 0.5) is 11.4 Å². The minimum absolute atomic E-state index is 0.770. The quantitative estimate of drug-likeness (QED) is 0.628. The van der Waals surface area contributed by atoms with Gasteiger partial charge in [0.2, 0.25) is 0 Å². The molecule has 0 spiro atoms. The average Bonchev–Trinajstić information content (AvgIpc) is 2.29. The van der Waals surface area contributed by atoms with E-state index in [-0.39, 0.29) is 0 Å². The first-order valence-corrected chi connectivity index (χ1v) is 8.51. The van der Waals surface area contributed by atoms with Gasteiger partial charge in [0, 0.05) is 28.8 Å². The lowest BCUT2D eigenvalue weighted by Gasteiger charge is -2.08. The highest BCUT2D eigenvalue weighted by atomic mass is 32.2. The molecular formula is C14H22N2OS. The predicted molar refractivity (Wildman–Crippen MR) is 81.1 cm³/mol. The van der Waals surface area contributed by atoms with Crippen molar-refractivity contribution in [1.29, 1.82) is 0 Å². The molecule has 1 rings (SSSR count). The smallest absolute Gasteiger partial charge is 0.0961 e. The molecule has 0 aliphatic carbocycles. The van der Waals surface area contributed by atoms with Crippen molar-refractivity contribution in [3.8, 4) is 0 Å². The van der Waals surface area contributed by atoms with E-state index in [0.717, 1.165) is 30.8 Å². The van der Waals surface area contributed by atoms with Gasteiger partial charge in [-0.3, -0.25) is 0 Å². The van der Waals surface area contributed by atoms with Crippen LogP contribution in [0.1, 0.15) is 19.8 Å². The highest BCUT2D eigenvalue weighted by Crippen LogP contribution is 2.25. The highest BCUT2D eigenvalue weighted by molar-refractivity contribution is 7.92. The van der Waals surface area contributed by atoms with E-state index in [4.69, 9.17) is 0 Å². The minimum atomic E-state index is -2.12. The fraction of sp³-hybridized carbons (Fsp3) is 0.429. The van der Waals surface area contributed by atoms with Crippen LogP contribution in [0.2, 0.25) is 0 Å². The van der Waals surface area contributed by atoms with Gasteiger partial charge in [-0.05, 0) is 25.0 Å². The minimum Gasteiger partial charge on any atom is -0.383 e. The largest absolute Gasteiger partial charge is 0.383 e. The summed E-state index contributed by atoms with van der Waals surface area (Å²) >= 11 is 0. The number of hydrogen-bond donors (Lipinski definition) is 1. The number of hydrogen-bond acceptors (Lipinski definition) is 3. The molecule has 0 atom stereocenters. The van der Waals surface area contributed by atoms with E-state index in [1.165, 1.54) is 0 Å². The van der Waals surface area contributed by atoms with Crippen LogP contribution in [0.25, 0.3) is 0 Å². The Morgan fingerprint density at radius 3 is 2.67 bits per heavy atom. The number of allylic oxidation sites excluding steroid dienone is 1. The summed E-state index contributed by atoms with van der Waals surface area (Å²) in [7, 11) is -2.12. The molecule has 0 fully saturated rings. The molecule has 1 aromatic rings. The van der Waals surface area contributed by atoms with Crippen LogP contribution in [0.15, 0.2) is 40.8 Å². The molecule has 1 aromatic carbocycles. The molecule has 0 saturated heterocycles. The lowest BCUT2D eigenvalue weighted by Crippen LogP contribution is -2.00. The van der Waals surface area contributed by atoms with Gasteiger partial charge < -0.3 is 5.32 Å². The van der Waals surface area contributed by atoms with Gasteiger partial charge in [0.15, 0.2) is 0 Å². The summed E-state index contributed by atoms with van der Waals surface area (Å²) in [6.45, 7) is 2.98. The molecule has 0 unspecified atom stereocenters. The summed E-state index contributed by atoms with van der Waals surface area (Å²) < 4.78 is 16.0. The number of para-hydroxylation sites is 1. The Morgan fingerprint density at radius 1 is 1.28 bits per heavy atom. The maximum absolute atomic E-state index is 11.7. The molecular weight excluding hydrogens is 244 g/mol. The second-order valence-electron chi connectivity index (χ2n) is 4.38. The molecule has 0 aliphatic rings. The molecule has 4 heteroatoms. The number of benzene rings is 1. The van der Waals surface area contributed by atoms with Crippen LogP contribution in [0.3, 0.4) is 0 Å². The molecule has 1 N–H and O–H groups in total. The van der Waals surface area contributed by atoms with E-state index in [9.17, 15) is 4.21 Å². The van der Waals surface area contributed by atoms with E-state index in [2.05, 4.69) is 28.8 Å². The summed E-state index contributed by atoms with van der Waals surface area (Å²) in [4.78, 5) is 0. The second kappa shape index (κ2) is 7.21. The van der Waals surface area contributed by atoms with E-state index in [1.807, 2.05) is 24.3 Å². The summed E-state index contributed by atoms with van der Waals surface area (Å²) in [5, 5.41) is 3.32. The first kappa shape index (κ1) is 14.8. The van der Waals surface area contributed by atoms with Gasteiger partial charge in [-0.15, -0.1) is 0 Å². The van der Waals surface area contributed by atoms with Crippen molar-refractivity contribution < 1.29 is 4.21 Å². The Morgan fingerprint density at radius 2 is 2.00 bits per heavy atom. The fourth-order valence-corrected chi connectivity index (χ4v) is 2.15. The third kappa shape index (κ3) is 5.87. The van der Waals surface area contributed by atoms with Crippen LogP contribution in [-0.2, 0) is 9.73 Å². The molecule has 0 bridgehead atoms.